The van der Waals surface area contributed by atoms with E-state index in [2.05, 4.69) is 10.2 Å². The number of ether oxygens (including phenoxy) is 1. The number of nitrogens with zero attached hydrogens (tertiary/aromatic N) is 2. The van der Waals surface area contributed by atoms with Crippen molar-refractivity contribution in [2.45, 2.75) is 12.8 Å². The molecule has 0 atom stereocenters. The standard InChI is InChI=1S/C12H13ClN2O2/c1-16-10-4-2-9(3-5-10)8-12-15-14-11(17-12)6-7-13/h2-5H,6-8H2,1H3. The highest BCUT2D eigenvalue weighted by atomic mass is 35.5. The minimum atomic E-state index is 0.490. The summed E-state index contributed by atoms with van der Waals surface area (Å²) in [6.07, 6.45) is 1.23. The lowest BCUT2D eigenvalue weighted by Crippen LogP contribution is -1.89. The first kappa shape index (κ1) is 11.9. The van der Waals surface area contributed by atoms with Gasteiger partial charge < -0.3 is 9.15 Å². The second kappa shape index (κ2) is 5.68. The number of methoxy groups -OCH3 is 1. The molecule has 0 radical (unpaired) electrons. The highest BCUT2D eigenvalue weighted by Crippen LogP contribution is 2.14. The van der Waals surface area contributed by atoms with Gasteiger partial charge in [-0.1, -0.05) is 12.1 Å². The zero-order valence-corrected chi connectivity index (χ0v) is 10.3. The zero-order valence-electron chi connectivity index (χ0n) is 9.52. The lowest BCUT2D eigenvalue weighted by molar-refractivity contribution is 0.414. The zero-order chi connectivity index (χ0) is 12.1. The molecule has 1 aromatic carbocycles. The number of benzene rings is 1. The summed E-state index contributed by atoms with van der Waals surface area (Å²) in [6, 6.07) is 7.77. The number of hydrogen-bond donors (Lipinski definition) is 0. The normalized spacial score (nSPS) is 10.5. The summed E-state index contributed by atoms with van der Waals surface area (Å²) >= 11 is 5.60. The van der Waals surface area contributed by atoms with Crippen molar-refractivity contribution in [3.63, 3.8) is 0 Å². The van der Waals surface area contributed by atoms with Crippen molar-refractivity contribution in [1.29, 1.82) is 0 Å². The molecule has 5 heteroatoms. The van der Waals surface area contributed by atoms with Crippen LogP contribution in [0, 0.1) is 0 Å². The first-order valence-electron chi connectivity index (χ1n) is 5.32. The van der Waals surface area contributed by atoms with Crippen molar-refractivity contribution in [2.24, 2.45) is 0 Å². The molecule has 2 rings (SSSR count). The summed E-state index contributed by atoms with van der Waals surface area (Å²) in [7, 11) is 1.64. The molecule has 0 bridgehead atoms. The molecule has 0 saturated heterocycles. The summed E-state index contributed by atoms with van der Waals surface area (Å²) in [5.41, 5.74) is 1.10. The molecule has 0 aliphatic rings. The molecule has 0 spiro atoms. The number of rotatable bonds is 5. The van der Waals surface area contributed by atoms with E-state index in [1.54, 1.807) is 7.11 Å². The van der Waals surface area contributed by atoms with Gasteiger partial charge in [-0.2, -0.15) is 0 Å². The van der Waals surface area contributed by atoms with E-state index < -0.39 is 0 Å². The Morgan fingerprint density at radius 3 is 2.53 bits per heavy atom. The van der Waals surface area contributed by atoms with Crippen LogP contribution in [0.3, 0.4) is 0 Å². The molecular weight excluding hydrogens is 240 g/mol. The molecule has 2 aromatic rings. The average Bonchev–Trinajstić information content (AvgIpc) is 2.78. The van der Waals surface area contributed by atoms with Gasteiger partial charge in [0.15, 0.2) is 0 Å². The Labute approximate surface area is 105 Å². The third-order valence-electron chi connectivity index (χ3n) is 2.33. The van der Waals surface area contributed by atoms with Crippen LogP contribution in [0.15, 0.2) is 28.7 Å². The van der Waals surface area contributed by atoms with E-state index in [0.717, 1.165) is 11.3 Å². The Morgan fingerprint density at radius 1 is 1.18 bits per heavy atom. The minimum absolute atomic E-state index is 0.490. The van der Waals surface area contributed by atoms with Crippen molar-refractivity contribution in [2.75, 3.05) is 13.0 Å². The van der Waals surface area contributed by atoms with Crippen molar-refractivity contribution >= 4 is 11.6 Å². The van der Waals surface area contributed by atoms with Crippen LogP contribution in [0.25, 0.3) is 0 Å². The molecular formula is C12H13ClN2O2. The van der Waals surface area contributed by atoms with E-state index in [-0.39, 0.29) is 0 Å². The summed E-state index contributed by atoms with van der Waals surface area (Å²) in [5.74, 6) is 2.52. The third kappa shape index (κ3) is 3.20. The predicted octanol–water partition coefficient (Wildman–Crippen LogP) is 2.45. The lowest BCUT2D eigenvalue weighted by atomic mass is 10.1. The largest absolute Gasteiger partial charge is 0.497 e. The number of aromatic nitrogens is 2. The van der Waals surface area contributed by atoms with Crippen LogP contribution in [0.4, 0.5) is 0 Å². The quantitative estimate of drug-likeness (QED) is 0.767. The molecule has 0 amide bonds. The third-order valence-corrected chi connectivity index (χ3v) is 2.52. The van der Waals surface area contributed by atoms with E-state index in [1.165, 1.54) is 0 Å². The SMILES string of the molecule is COc1ccc(Cc2nnc(CCCl)o2)cc1. The van der Waals surface area contributed by atoms with Gasteiger partial charge >= 0.3 is 0 Å². The van der Waals surface area contributed by atoms with Gasteiger partial charge in [0, 0.05) is 12.3 Å². The van der Waals surface area contributed by atoms with E-state index in [0.29, 0.717) is 30.5 Å². The van der Waals surface area contributed by atoms with Crippen LogP contribution >= 0.6 is 11.6 Å². The van der Waals surface area contributed by atoms with Gasteiger partial charge in [-0.15, -0.1) is 21.8 Å². The summed E-state index contributed by atoms with van der Waals surface area (Å²) < 4.78 is 10.5. The van der Waals surface area contributed by atoms with E-state index in [1.807, 2.05) is 24.3 Å². The fourth-order valence-electron chi connectivity index (χ4n) is 1.46. The average molecular weight is 253 g/mol. The Morgan fingerprint density at radius 2 is 1.88 bits per heavy atom. The molecule has 0 saturated carbocycles. The maximum absolute atomic E-state index is 5.60. The van der Waals surface area contributed by atoms with E-state index >= 15 is 0 Å². The Hall–Kier alpha value is -1.55. The van der Waals surface area contributed by atoms with Gasteiger partial charge in [0.2, 0.25) is 11.8 Å². The van der Waals surface area contributed by atoms with Crippen LogP contribution in [-0.4, -0.2) is 23.2 Å². The van der Waals surface area contributed by atoms with Crippen molar-refractivity contribution in [1.82, 2.24) is 10.2 Å². The van der Waals surface area contributed by atoms with Gasteiger partial charge in [0.1, 0.15) is 5.75 Å². The second-order valence-electron chi connectivity index (χ2n) is 3.55. The van der Waals surface area contributed by atoms with Crippen LogP contribution in [0.5, 0.6) is 5.75 Å². The molecule has 0 aliphatic heterocycles. The number of aryl methyl sites for hydroxylation is 1. The van der Waals surface area contributed by atoms with Crippen LogP contribution < -0.4 is 4.74 Å². The van der Waals surface area contributed by atoms with Crippen LogP contribution in [-0.2, 0) is 12.8 Å². The van der Waals surface area contributed by atoms with Gasteiger partial charge in [0.25, 0.3) is 0 Å². The van der Waals surface area contributed by atoms with Crippen LogP contribution in [0.2, 0.25) is 0 Å². The van der Waals surface area contributed by atoms with Crippen molar-refractivity contribution < 1.29 is 9.15 Å². The van der Waals surface area contributed by atoms with Gasteiger partial charge in [-0.25, -0.2) is 0 Å². The molecule has 0 aliphatic carbocycles. The van der Waals surface area contributed by atoms with Gasteiger partial charge in [-0.3, -0.25) is 0 Å². The Bertz CT molecular complexity index is 468. The summed E-state index contributed by atoms with van der Waals surface area (Å²) in [4.78, 5) is 0. The Kier molecular flexibility index (Phi) is 3.98. The predicted molar refractivity (Wildman–Crippen MR) is 64.5 cm³/mol. The maximum atomic E-state index is 5.60. The molecule has 17 heavy (non-hydrogen) atoms. The molecule has 0 N–H and O–H groups in total. The van der Waals surface area contributed by atoms with E-state index in [4.69, 9.17) is 20.8 Å². The molecule has 90 valence electrons. The fourth-order valence-corrected chi connectivity index (χ4v) is 1.62. The van der Waals surface area contributed by atoms with Gasteiger partial charge in [-0.05, 0) is 17.7 Å². The van der Waals surface area contributed by atoms with Crippen LogP contribution in [0.1, 0.15) is 17.3 Å². The number of halogens is 1. The summed E-state index contributed by atoms with van der Waals surface area (Å²) in [5, 5.41) is 7.88. The highest BCUT2D eigenvalue weighted by Gasteiger charge is 2.06. The molecule has 4 nitrogen and oxygen atoms in total. The molecule has 1 heterocycles. The molecule has 1 aromatic heterocycles. The monoisotopic (exact) mass is 252 g/mol. The molecule has 0 unspecified atom stereocenters. The highest BCUT2D eigenvalue weighted by molar-refractivity contribution is 6.17. The van der Waals surface area contributed by atoms with Crippen molar-refractivity contribution in [3.05, 3.63) is 41.6 Å². The van der Waals surface area contributed by atoms with E-state index in [9.17, 15) is 0 Å². The number of alkyl halides is 1. The number of hydrogen-bond acceptors (Lipinski definition) is 4. The first-order valence-corrected chi connectivity index (χ1v) is 5.85. The first-order chi connectivity index (χ1) is 8.31. The molecule has 0 fully saturated rings. The summed E-state index contributed by atoms with van der Waals surface area (Å²) in [6.45, 7) is 0. The second-order valence-corrected chi connectivity index (χ2v) is 3.93. The fraction of sp³-hybridized carbons (Fsp3) is 0.333. The Balaban J connectivity index is 2.03. The van der Waals surface area contributed by atoms with Crippen molar-refractivity contribution in [3.8, 4) is 5.75 Å². The smallest absolute Gasteiger partial charge is 0.220 e. The topological polar surface area (TPSA) is 48.2 Å². The minimum Gasteiger partial charge on any atom is -0.497 e. The maximum Gasteiger partial charge on any atom is 0.220 e. The van der Waals surface area contributed by atoms with Gasteiger partial charge in [0.05, 0.1) is 13.5 Å². The lowest BCUT2D eigenvalue weighted by Gasteiger charge is -2.00.